The van der Waals surface area contributed by atoms with Crippen LogP contribution in [-0.4, -0.2) is 22.4 Å². The lowest BCUT2D eigenvalue weighted by molar-refractivity contribution is -0.123. The van der Waals surface area contributed by atoms with Crippen molar-refractivity contribution in [3.05, 3.63) is 17.5 Å². The van der Waals surface area contributed by atoms with Crippen LogP contribution in [0.25, 0.3) is 0 Å². The number of carbonyl (C=O) groups is 1. The predicted octanol–water partition coefficient (Wildman–Crippen LogP) is 1.79. The van der Waals surface area contributed by atoms with Crippen LogP contribution in [0.3, 0.4) is 0 Å². The normalized spacial score (nSPS) is 27.3. The highest BCUT2D eigenvalue weighted by Crippen LogP contribution is 2.51. The summed E-state index contributed by atoms with van der Waals surface area (Å²) in [6.07, 6.45) is 4.03. The van der Waals surface area contributed by atoms with Gasteiger partial charge in [0.05, 0.1) is 6.07 Å². The molecule has 3 rings (SSSR count). The van der Waals surface area contributed by atoms with Crippen molar-refractivity contribution >= 4 is 23.3 Å². The van der Waals surface area contributed by atoms with E-state index >= 15 is 0 Å². The van der Waals surface area contributed by atoms with Crippen molar-refractivity contribution in [3.63, 3.8) is 0 Å². The van der Waals surface area contributed by atoms with Crippen LogP contribution >= 0.6 is 11.6 Å². The summed E-state index contributed by atoms with van der Waals surface area (Å²) in [4.78, 5) is 21.8. The summed E-state index contributed by atoms with van der Waals surface area (Å²) < 4.78 is 0. The predicted molar refractivity (Wildman–Crippen MR) is 64.8 cm³/mol. The molecule has 0 N–H and O–H groups in total. The van der Waals surface area contributed by atoms with Gasteiger partial charge in [-0.1, -0.05) is 0 Å². The van der Waals surface area contributed by atoms with Gasteiger partial charge in [-0.25, -0.2) is 9.97 Å². The molecule has 1 aromatic rings. The SMILES string of the molecule is N#C[C@@]1(C2CC2)CCN(c2ccnc(Cl)n2)C1=O. The minimum atomic E-state index is -0.836. The van der Waals surface area contributed by atoms with Crippen molar-refractivity contribution in [2.24, 2.45) is 11.3 Å². The molecular formula is C12H11ClN4O. The van der Waals surface area contributed by atoms with Crippen LogP contribution < -0.4 is 4.90 Å². The summed E-state index contributed by atoms with van der Waals surface area (Å²) in [5.74, 6) is 0.567. The number of nitriles is 1. The first kappa shape index (κ1) is 11.4. The molecule has 1 amide bonds. The average molecular weight is 263 g/mol. The van der Waals surface area contributed by atoms with Gasteiger partial charge in [0.2, 0.25) is 11.2 Å². The van der Waals surface area contributed by atoms with E-state index in [-0.39, 0.29) is 17.1 Å². The van der Waals surface area contributed by atoms with Crippen molar-refractivity contribution < 1.29 is 4.79 Å². The number of anilines is 1. The fraction of sp³-hybridized carbons (Fsp3) is 0.500. The zero-order chi connectivity index (χ0) is 12.8. The maximum atomic E-state index is 12.5. The van der Waals surface area contributed by atoms with Gasteiger partial charge in [0.1, 0.15) is 11.2 Å². The molecule has 0 spiro atoms. The Kier molecular flexibility index (Phi) is 2.49. The second-order valence-electron chi connectivity index (χ2n) is 4.75. The van der Waals surface area contributed by atoms with Gasteiger partial charge in [0, 0.05) is 12.7 Å². The molecule has 0 bridgehead atoms. The van der Waals surface area contributed by atoms with Crippen molar-refractivity contribution in [2.75, 3.05) is 11.4 Å². The molecule has 2 heterocycles. The van der Waals surface area contributed by atoms with Gasteiger partial charge >= 0.3 is 0 Å². The van der Waals surface area contributed by atoms with E-state index in [0.717, 1.165) is 12.8 Å². The number of hydrogen-bond donors (Lipinski definition) is 0. The molecule has 1 aromatic heterocycles. The van der Waals surface area contributed by atoms with Gasteiger partial charge in [-0.2, -0.15) is 5.26 Å². The van der Waals surface area contributed by atoms with E-state index in [1.807, 2.05) is 0 Å². The lowest BCUT2D eigenvalue weighted by atomic mass is 9.83. The van der Waals surface area contributed by atoms with Gasteiger partial charge in [-0.15, -0.1) is 0 Å². The standard InChI is InChI=1S/C12H11ClN4O/c13-11-15-5-3-9(16-11)17-6-4-12(7-14,10(17)18)8-1-2-8/h3,5,8H,1-2,4,6H2/t12-/m1/s1. The second kappa shape index (κ2) is 3.92. The Hall–Kier alpha value is -1.67. The molecule has 1 atom stereocenters. The topological polar surface area (TPSA) is 69.9 Å². The van der Waals surface area contributed by atoms with Gasteiger partial charge < -0.3 is 0 Å². The third kappa shape index (κ3) is 1.57. The number of nitrogens with zero attached hydrogens (tertiary/aromatic N) is 4. The van der Waals surface area contributed by atoms with Crippen LogP contribution in [0.4, 0.5) is 5.82 Å². The molecule has 0 radical (unpaired) electrons. The molecular weight excluding hydrogens is 252 g/mol. The number of hydrogen-bond acceptors (Lipinski definition) is 4. The first-order valence-electron chi connectivity index (χ1n) is 5.89. The molecule has 1 saturated heterocycles. The summed E-state index contributed by atoms with van der Waals surface area (Å²) in [5.41, 5.74) is -0.836. The van der Waals surface area contributed by atoms with Crippen LogP contribution in [0.2, 0.25) is 5.28 Å². The summed E-state index contributed by atoms with van der Waals surface area (Å²) in [5, 5.41) is 9.47. The molecule has 92 valence electrons. The zero-order valence-electron chi connectivity index (χ0n) is 9.64. The highest BCUT2D eigenvalue weighted by Gasteiger charge is 2.57. The van der Waals surface area contributed by atoms with E-state index in [9.17, 15) is 10.1 Å². The molecule has 0 aromatic carbocycles. The molecule has 2 aliphatic rings. The monoisotopic (exact) mass is 262 g/mol. The van der Waals surface area contributed by atoms with E-state index in [0.29, 0.717) is 18.8 Å². The maximum Gasteiger partial charge on any atom is 0.248 e. The van der Waals surface area contributed by atoms with Gasteiger partial charge in [-0.3, -0.25) is 9.69 Å². The lowest BCUT2D eigenvalue weighted by Crippen LogP contribution is -2.35. The zero-order valence-corrected chi connectivity index (χ0v) is 10.4. The number of amides is 1. The Morgan fingerprint density at radius 3 is 2.94 bits per heavy atom. The Balaban J connectivity index is 1.93. The van der Waals surface area contributed by atoms with Crippen molar-refractivity contribution in [2.45, 2.75) is 19.3 Å². The minimum absolute atomic E-state index is 0.112. The minimum Gasteiger partial charge on any atom is -0.295 e. The van der Waals surface area contributed by atoms with Gasteiger partial charge in [0.15, 0.2) is 0 Å². The quantitative estimate of drug-likeness (QED) is 0.762. The number of halogens is 1. The van der Waals surface area contributed by atoms with Crippen LogP contribution in [0, 0.1) is 22.7 Å². The largest absolute Gasteiger partial charge is 0.295 e. The van der Waals surface area contributed by atoms with E-state index in [1.54, 1.807) is 11.0 Å². The summed E-state index contributed by atoms with van der Waals surface area (Å²) in [7, 11) is 0. The van der Waals surface area contributed by atoms with Crippen LogP contribution in [0.5, 0.6) is 0 Å². The maximum absolute atomic E-state index is 12.5. The van der Waals surface area contributed by atoms with Gasteiger partial charge in [0.25, 0.3) is 0 Å². The summed E-state index contributed by atoms with van der Waals surface area (Å²) in [6.45, 7) is 0.524. The second-order valence-corrected chi connectivity index (χ2v) is 5.09. The fourth-order valence-corrected chi connectivity index (χ4v) is 2.73. The Bertz CT molecular complexity index is 551. The third-order valence-electron chi connectivity index (χ3n) is 3.72. The first-order valence-corrected chi connectivity index (χ1v) is 6.27. The first-order chi connectivity index (χ1) is 8.67. The number of aromatic nitrogens is 2. The van der Waals surface area contributed by atoms with Gasteiger partial charge in [-0.05, 0) is 42.8 Å². The fourth-order valence-electron chi connectivity index (χ4n) is 2.58. The molecule has 0 unspecified atom stereocenters. The highest BCUT2D eigenvalue weighted by molar-refractivity contribution is 6.28. The van der Waals surface area contributed by atoms with E-state index < -0.39 is 5.41 Å². The lowest BCUT2D eigenvalue weighted by Gasteiger charge is -2.20. The summed E-state index contributed by atoms with van der Waals surface area (Å²) in [6, 6.07) is 3.88. The number of carbonyl (C=O) groups excluding carboxylic acids is 1. The van der Waals surface area contributed by atoms with E-state index in [1.165, 1.54) is 6.20 Å². The molecule has 1 saturated carbocycles. The molecule has 2 fully saturated rings. The third-order valence-corrected chi connectivity index (χ3v) is 3.90. The van der Waals surface area contributed by atoms with Crippen LogP contribution in [0.15, 0.2) is 12.3 Å². The van der Waals surface area contributed by atoms with E-state index in [2.05, 4.69) is 16.0 Å². The molecule has 5 nitrogen and oxygen atoms in total. The molecule has 18 heavy (non-hydrogen) atoms. The average Bonchev–Trinajstić information content (AvgIpc) is 3.15. The Morgan fingerprint density at radius 2 is 2.33 bits per heavy atom. The Morgan fingerprint density at radius 1 is 1.56 bits per heavy atom. The summed E-state index contributed by atoms with van der Waals surface area (Å²) >= 11 is 5.73. The smallest absolute Gasteiger partial charge is 0.248 e. The molecule has 6 heteroatoms. The molecule has 1 aliphatic carbocycles. The number of rotatable bonds is 2. The van der Waals surface area contributed by atoms with Crippen LogP contribution in [-0.2, 0) is 4.79 Å². The van der Waals surface area contributed by atoms with Crippen LogP contribution in [0.1, 0.15) is 19.3 Å². The highest BCUT2D eigenvalue weighted by atomic mass is 35.5. The Labute approximate surface area is 109 Å². The van der Waals surface area contributed by atoms with Crippen molar-refractivity contribution in [1.29, 1.82) is 5.26 Å². The van der Waals surface area contributed by atoms with Crippen molar-refractivity contribution in [3.8, 4) is 6.07 Å². The van der Waals surface area contributed by atoms with Crippen molar-refractivity contribution in [1.82, 2.24) is 9.97 Å². The van der Waals surface area contributed by atoms with E-state index in [4.69, 9.17) is 11.6 Å². The molecule has 1 aliphatic heterocycles.